The molecule has 0 atom stereocenters. The standard InChI is InChI=1S/C25H26ClN3O2/c1-16-21(26)3-2-4-22(16)27-24-14-13-23(28-29-24)20-11-9-19(10-12-20)18-7-5-17(6-8-18)15-25(30)31/h2-4,9-14,17-18H,5-8,15H2,1H3,(H,27,29)(H,30,31). The minimum absolute atomic E-state index is 0.298. The van der Waals surface area contributed by atoms with Crippen molar-refractivity contribution in [2.24, 2.45) is 5.92 Å². The molecule has 5 nitrogen and oxygen atoms in total. The van der Waals surface area contributed by atoms with Gasteiger partial charge in [0.2, 0.25) is 0 Å². The fourth-order valence-corrected chi connectivity index (χ4v) is 4.48. The average Bonchev–Trinajstić information content (AvgIpc) is 2.78. The van der Waals surface area contributed by atoms with Crippen molar-refractivity contribution in [3.63, 3.8) is 0 Å². The van der Waals surface area contributed by atoms with Crippen molar-refractivity contribution in [3.05, 3.63) is 70.7 Å². The van der Waals surface area contributed by atoms with E-state index in [0.29, 0.717) is 29.1 Å². The summed E-state index contributed by atoms with van der Waals surface area (Å²) in [5.74, 6) is 0.825. The molecule has 0 bridgehead atoms. The van der Waals surface area contributed by atoms with Crippen LogP contribution in [0.1, 0.15) is 49.1 Å². The summed E-state index contributed by atoms with van der Waals surface area (Å²) in [6.45, 7) is 1.96. The minimum atomic E-state index is -0.683. The Labute approximate surface area is 187 Å². The minimum Gasteiger partial charge on any atom is -0.481 e. The fourth-order valence-electron chi connectivity index (χ4n) is 4.31. The molecule has 6 heteroatoms. The zero-order chi connectivity index (χ0) is 21.8. The number of rotatable bonds is 6. The lowest BCUT2D eigenvalue weighted by Crippen LogP contribution is -2.16. The van der Waals surface area contributed by atoms with Gasteiger partial charge in [-0.2, -0.15) is 0 Å². The smallest absolute Gasteiger partial charge is 0.303 e. The van der Waals surface area contributed by atoms with Gasteiger partial charge in [-0.3, -0.25) is 4.79 Å². The summed E-state index contributed by atoms with van der Waals surface area (Å²) >= 11 is 6.18. The fraction of sp³-hybridized carbons (Fsp3) is 0.320. The first kappa shape index (κ1) is 21.3. The molecular formula is C25H26ClN3O2. The van der Waals surface area contributed by atoms with Crippen molar-refractivity contribution in [2.45, 2.75) is 44.9 Å². The summed E-state index contributed by atoms with van der Waals surface area (Å²) in [4.78, 5) is 10.9. The van der Waals surface area contributed by atoms with Gasteiger partial charge in [0.15, 0.2) is 5.82 Å². The number of halogens is 1. The molecule has 1 aromatic heterocycles. The number of aromatic nitrogens is 2. The molecule has 0 amide bonds. The van der Waals surface area contributed by atoms with E-state index in [4.69, 9.17) is 16.7 Å². The number of anilines is 2. The zero-order valence-electron chi connectivity index (χ0n) is 17.5. The van der Waals surface area contributed by atoms with E-state index in [2.05, 4.69) is 39.8 Å². The molecule has 1 aliphatic rings. The van der Waals surface area contributed by atoms with E-state index in [-0.39, 0.29) is 0 Å². The van der Waals surface area contributed by atoms with Crippen LogP contribution in [-0.2, 0) is 4.79 Å². The molecule has 0 spiro atoms. The number of nitrogens with one attached hydrogen (secondary N) is 1. The topological polar surface area (TPSA) is 75.1 Å². The highest BCUT2D eigenvalue weighted by molar-refractivity contribution is 6.31. The Morgan fingerprint density at radius 2 is 1.77 bits per heavy atom. The highest BCUT2D eigenvalue weighted by Gasteiger charge is 2.24. The molecule has 0 aliphatic heterocycles. The Hall–Kier alpha value is -2.92. The molecule has 1 saturated carbocycles. The van der Waals surface area contributed by atoms with Crippen LogP contribution in [0.3, 0.4) is 0 Å². The van der Waals surface area contributed by atoms with Gasteiger partial charge < -0.3 is 10.4 Å². The van der Waals surface area contributed by atoms with Crippen LogP contribution in [0.25, 0.3) is 11.3 Å². The lowest BCUT2D eigenvalue weighted by molar-refractivity contribution is -0.138. The molecule has 3 aromatic rings. The van der Waals surface area contributed by atoms with Crippen LogP contribution >= 0.6 is 11.6 Å². The predicted molar refractivity (Wildman–Crippen MR) is 124 cm³/mol. The number of carboxylic acids is 1. The van der Waals surface area contributed by atoms with Gasteiger partial charge in [0.1, 0.15) is 0 Å². The maximum atomic E-state index is 10.9. The van der Waals surface area contributed by atoms with Crippen molar-refractivity contribution in [3.8, 4) is 11.3 Å². The third-order valence-electron chi connectivity index (χ3n) is 6.18. The van der Waals surface area contributed by atoms with Crippen LogP contribution in [0.5, 0.6) is 0 Å². The van der Waals surface area contributed by atoms with Crippen LogP contribution in [-0.4, -0.2) is 21.3 Å². The van der Waals surface area contributed by atoms with Crippen LogP contribution in [0.4, 0.5) is 11.5 Å². The molecule has 1 heterocycles. The summed E-state index contributed by atoms with van der Waals surface area (Å²) in [6.07, 6.45) is 4.39. The number of hydrogen-bond donors (Lipinski definition) is 2. The largest absolute Gasteiger partial charge is 0.481 e. The molecule has 0 unspecified atom stereocenters. The third-order valence-corrected chi connectivity index (χ3v) is 6.59. The third kappa shape index (κ3) is 5.23. The number of carboxylic acid groups (broad SMARTS) is 1. The van der Waals surface area contributed by atoms with Crippen LogP contribution in [0.2, 0.25) is 5.02 Å². The quantitative estimate of drug-likeness (QED) is 0.456. The Balaban J connectivity index is 1.39. The lowest BCUT2D eigenvalue weighted by Gasteiger charge is -2.28. The van der Waals surface area contributed by atoms with Crippen molar-refractivity contribution in [1.82, 2.24) is 10.2 Å². The van der Waals surface area contributed by atoms with Crippen molar-refractivity contribution in [2.75, 3.05) is 5.32 Å². The summed E-state index contributed by atoms with van der Waals surface area (Å²) in [7, 11) is 0. The zero-order valence-corrected chi connectivity index (χ0v) is 18.3. The molecule has 2 aromatic carbocycles. The number of benzene rings is 2. The Kier molecular flexibility index (Phi) is 6.52. The van der Waals surface area contributed by atoms with E-state index in [1.807, 2.05) is 37.3 Å². The molecule has 31 heavy (non-hydrogen) atoms. The maximum absolute atomic E-state index is 10.9. The number of hydrogen-bond acceptors (Lipinski definition) is 4. The Morgan fingerprint density at radius 3 is 2.42 bits per heavy atom. The Morgan fingerprint density at radius 1 is 1.03 bits per heavy atom. The monoisotopic (exact) mass is 435 g/mol. The van der Waals surface area contributed by atoms with E-state index >= 15 is 0 Å². The molecule has 160 valence electrons. The van der Waals surface area contributed by atoms with Crippen LogP contribution < -0.4 is 5.32 Å². The van der Waals surface area contributed by atoms with E-state index in [0.717, 1.165) is 48.2 Å². The first-order valence-corrected chi connectivity index (χ1v) is 11.1. The number of carbonyl (C=O) groups is 1. The van der Waals surface area contributed by atoms with Crippen molar-refractivity contribution < 1.29 is 9.90 Å². The maximum Gasteiger partial charge on any atom is 0.303 e. The SMILES string of the molecule is Cc1c(Cl)cccc1Nc1ccc(-c2ccc(C3CCC(CC(=O)O)CC3)cc2)nn1. The highest BCUT2D eigenvalue weighted by Crippen LogP contribution is 2.37. The predicted octanol–water partition coefficient (Wildman–Crippen LogP) is 6.60. The molecular weight excluding hydrogens is 410 g/mol. The summed E-state index contributed by atoms with van der Waals surface area (Å²) in [6, 6.07) is 18.1. The second-order valence-corrected chi connectivity index (χ2v) is 8.69. The molecule has 1 aliphatic carbocycles. The van der Waals surface area contributed by atoms with Crippen molar-refractivity contribution in [1.29, 1.82) is 0 Å². The first-order chi connectivity index (χ1) is 15.0. The van der Waals surface area contributed by atoms with Crippen LogP contribution in [0, 0.1) is 12.8 Å². The first-order valence-electron chi connectivity index (χ1n) is 10.7. The van der Waals surface area contributed by atoms with E-state index in [9.17, 15) is 4.79 Å². The van der Waals surface area contributed by atoms with Gasteiger partial charge in [0.05, 0.1) is 5.69 Å². The number of aliphatic carboxylic acids is 1. The van der Waals surface area contributed by atoms with Gasteiger partial charge in [0.25, 0.3) is 0 Å². The van der Waals surface area contributed by atoms with E-state index in [1.165, 1.54) is 5.56 Å². The lowest BCUT2D eigenvalue weighted by atomic mass is 9.77. The number of nitrogens with zero attached hydrogens (tertiary/aromatic N) is 2. The summed E-state index contributed by atoms with van der Waals surface area (Å²) < 4.78 is 0. The molecule has 0 saturated heterocycles. The van der Waals surface area contributed by atoms with Gasteiger partial charge in [-0.1, -0.05) is 41.9 Å². The molecule has 4 rings (SSSR count). The van der Waals surface area contributed by atoms with Crippen molar-refractivity contribution >= 4 is 29.1 Å². The van der Waals surface area contributed by atoms with E-state index < -0.39 is 5.97 Å². The van der Waals surface area contributed by atoms with Gasteiger partial charge in [-0.25, -0.2) is 0 Å². The molecule has 2 N–H and O–H groups in total. The molecule has 1 fully saturated rings. The summed E-state index contributed by atoms with van der Waals surface area (Å²) in [5, 5.41) is 21.6. The van der Waals surface area contributed by atoms with Gasteiger partial charge in [-0.05, 0) is 79.8 Å². The van der Waals surface area contributed by atoms with Gasteiger partial charge in [0, 0.05) is 22.7 Å². The normalized spacial score (nSPS) is 18.5. The highest BCUT2D eigenvalue weighted by atomic mass is 35.5. The molecule has 0 radical (unpaired) electrons. The van der Waals surface area contributed by atoms with E-state index in [1.54, 1.807) is 0 Å². The summed E-state index contributed by atoms with van der Waals surface area (Å²) in [5.41, 5.74) is 5.06. The van der Waals surface area contributed by atoms with Gasteiger partial charge >= 0.3 is 5.97 Å². The second-order valence-electron chi connectivity index (χ2n) is 8.28. The van der Waals surface area contributed by atoms with Crippen LogP contribution in [0.15, 0.2) is 54.6 Å². The van der Waals surface area contributed by atoms with Gasteiger partial charge in [-0.15, -0.1) is 10.2 Å². The second kappa shape index (κ2) is 9.48. The average molecular weight is 436 g/mol. The Bertz CT molecular complexity index is 1040.